The fourth-order valence-electron chi connectivity index (χ4n) is 2.44. The highest BCUT2D eigenvalue weighted by molar-refractivity contribution is 6.31. The molecule has 0 saturated carbocycles. The quantitative estimate of drug-likeness (QED) is 0.873. The van der Waals surface area contributed by atoms with Crippen molar-refractivity contribution in [3.05, 3.63) is 46.2 Å². The van der Waals surface area contributed by atoms with Crippen LogP contribution in [-0.4, -0.2) is 29.3 Å². The van der Waals surface area contributed by atoms with Crippen LogP contribution in [0.1, 0.15) is 17.0 Å². The second-order valence-corrected chi connectivity index (χ2v) is 6.03. The van der Waals surface area contributed by atoms with Gasteiger partial charge in [-0.05, 0) is 19.9 Å². The van der Waals surface area contributed by atoms with E-state index < -0.39 is 0 Å². The molecular formula is C16H22ClN4O+. The molecule has 0 radical (unpaired) electrons. The summed E-state index contributed by atoms with van der Waals surface area (Å²) in [6.45, 7) is 4.91. The van der Waals surface area contributed by atoms with E-state index in [0.29, 0.717) is 13.1 Å². The molecule has 1 amide bonds. The number of likely N-dealkylation sites (N-methyl/N-ethyl adjacent to an activating group) is 1. The normalized spacial score (nSPS) is 12.2. The SMILES string of the molecule is Cc1nn(C)c(C)c1NC(=O)C[NH+](C)Cc1ccccc1Cl. The Bertz CT molecular complexity index is 681. The zero-order valence-electron chi connectivity index (χ0n) is 13.4. The Morgan fingerprint density at radius 3 is 2.64 bits per heavy atom. The Balaban J connectivity index is 1.96. The number of nitrogens with zero attached hydrogens (tertiary/aromatic N) is 2. The zero-order chi connectivity index (χ0) is 16.3. The van der Waals surface area contributed by atoms with Crippen molar-refractivity contribution in [3.8, 4) is 0 Å². The van der Waals surface area contributed by atoms with Crippen LogP contribution >= 0.6 is 11.6 Å². The molecule has 0 aliphatic rings. The topological polar surface area (TPSA) is 51.4 Å². The van der Waals surface area contributed by atoms with Gasteiger partial charge in [0.25, 0.3) is 5.91 Å². The number of nitrogens with one attached hydrogen (secondary N) is 2. The number of aryl methyl sites for hydroxylation is 2. The maximum absolute atomic E-state index is 12.2. The van der Waals surface area contributed by atoms with Crippen LogP contribution in [0, 0.1) is 13.8 Å². The van der Waals surface area contributed by atoms with Crippen LogP contribution in [0.4, 0.5) is 5.69 Å². The number of aromatic nitrogens is 2. The van der Waals surface area contributed by atoms with Crippen molar-refractivity contribution >= 4 is 23.2 Å². The summed E-state index contributed by atoms with van der Waals surface area (Å²) < 4.78 is 1.77. The first-order valence-corrected chi connectivity index (χ1v) is 7.61. The molecule has 0 aliphatic heterocycles. The molecule has 5 nitrogen and oxygen atoms in total. The fraction of sp³-hybridized carbons (Fsp3) is 0.375. The average Bonchev–Trinajstić information content (AvgIpc) is 2.68. The van der Waals surface area contributed by atoms with Gasteiger partial charge in [-0.25, -0.2) is 0 Å². The van der Waals surface area contributed by atoms with Gasteiger partial charge in [0, 0.05) is 17.6 Å². The summed E-state index contributed by atoms with van der Waals surface area (Å²) in [6, 6.07) is 7.71. The summed E-state index contributed by atoms with van der Waals surface area (Å²) in [6.07, 6.45) is 0. The van der Waals surface area contributed by atoms with Crippen LogP contribution in [0.2, 0.25) is 5.02 Å². The van der Waals surface area contributed by atoms with Gasteiger partial charge in [-0.2, -0.15) is 5.10 Å². The highest BCUT2D eigenvalue weighted by Gasteiger charge is 2.16. The lowest BCUT2D eigenvalue weighted by Gasteiger charge is -2.14. The van der Waals surface area contributed by atoms with Crippen molar-refractivity contribution in [2.45, 2.75) is 20.4 Å². The van der Waals surface area contributed by atoms with Gasteiger partial charge in [0.05, 0.1) is 24.1 Å². The molecule has 0 spiro atoms. The molecule has 1 aromatic heterocycles. The summed E-state index contributed by atoms with van der Waals surface area (Å²) in [4.78, 5) is 13.3. The molecule has 2 aromatic rings. The molecule has 1 unspecified atom stereocenters. The number of benzene rings is 1. The Hall–Kier alpha value is -1.85. The molecule has 118 valence electrons. The number of halogens is 1. The number of anilines is 1. The third-order valence-corrected chi connectivity index (χ3v) is 4.05. The minimum atomic E-state index is -0.0243. The summed E-state index contributed by atoms with van der Waals surface area (Å²) in [7, 11) is 3.85. The molecule has 2 rings (SSSR count). The maximum atomic E-state index is 12.2. The van der Waals surface area contributed by atoms with Crippen LogP contribution in [0.15, 0.2) is 24.3 Å². The summed E-state index contributed by atoms with van der Waals surface area (Å²) >= 11 is 6.15. The van der Waals surface area contributed by atoms with Crippen molar-refractivity contribution in [3.63, 3.8) is 0 Å². The summed E-state index contributed by atoms with van der Waals surface area (Å²) in [5.74, 6) is -0.0243. The lowest BCUT2D eigenvalue weighted by atomic mass is 10.2. The molecule has 2 N–H and O–H groups in total. The largest absolute Gasteiger partial charge is 0.326 e. The van der Waals surface area contributed by atoms with Crippen molar-refractivity contribution in [2.75, 3.05) is 18.9 Å². The number of hydrogen-bond acceptors (Lipinski definition) is 2. The van der Waals surface area contributed by atoms with Gasteiger partial charge in [0.1, 0.15) is 6.54 Å². The molecule has 1 aromatic carbocycles. The minimum absolute atomic E-state index is 0.0243. The van der Waals surface area contributed by atoms with Gasteiger partial charge in [-0.3, -0.25) is 9.48 Å². The number of carbonyl (C=O) groups excluding carboxylic acids is 1. The van der Waals surface area contributed by atoms with E-state index >= 15 is 0 Å². The van der Waals surface area contributed by atoms with E-state index in [4.69, 9.17) is 11.6 Å². The van der Waals surface area contributed by atoms with Gasteiger partial charge in [-0.15, -0.1) is 0 Å². The standard InChI is InChI=1S/C16H21ClN4O/c1-11-16(12(2)21(4)19-11)18-15(22)10-20(3)9-13-7-5-6-8-14(13)17/h5-8H,9-10H2,1-4H3,(H,18,22)/p+1. The van der Waals surface area contributed by atoms with Gasteiger partial charge < -0.3 is 10.2 Å². The third-order valence-electron chi connectivity index (χ3n) is 3.69. The van der Waals surface area contributed by atoms with E-state index in [-0.39, 0.29) is 5.91 Å². The highest BCUT2D eigenvalue weighted by atomic mass is 35.5. The molecule has 0 aliphatic carbocycles. The van der Waals surface area contributed by atoms with Crippen LogP contribution in [0.3, 0.4) is 0 Å². The Morgan fingerprint density at radius 1 is 1.36 bits per heavy atom. The van der Waals surface area contributed by atoms with Crippen LogP contribution < -0.4 is 10.2 Å². The first-order chi connectivity index (χ1) is 10.4. The number of carbonyl (C=O) groups is 1. The minimum Gasteiger partial charge on any atom is -0.326 e. The Labute approximate surface area is 135 Å². The van der Waals surface area contributed by atoms with E-state index in [2.05, 4.69) is 10.4 Å². The number of amides is 1. The number of hydrogen-bond donors (Lipinski definition) is 2. The first kappa shape index (κ1) is 16.5. The molecule has 0 fully saturated rings. The second kappa shape index (κ2) is 6.94. The van der Waals surface area contributed by atoms with Crippen molar-refractivity contribution in [1.29, 1.82) is 0 Å². The lowest BCUT2D eigenvalue weighted by Crippen LogP contribution is -3.08. The van der Waals surface area contributed by atoms with Crippen LogP contribution in [0.25, 0.3) is 0 Å². The van der Waals surface area contributed by atoms with Crippen molar-refractivity contribution in [2.24, 2.45) is 7.05 Å². The average molecular weight is 322 g/mol. The zero-order valence-corrected chi connectivity index (χ0v) is 14.2. The predicted molar refractivity (Wildman–Crippen MR) is 88.2 cm³/mol. The van der Waals surface area contributed by atoms with Crippen molar-refractivity contribution < 1.29 is 9.69 Å². The van der Waals surface area contributed by atoms with E-state index in [9.17, 15) is 4.79 Å². The number of quaternary nitrogens is 1. The van der Waals surface area contributed by atoms with Crippen LogP contribution in [0.5, 0.6) is 0 Å². The molecule has 0 bridgehead atoms. The molecule has 1 heterocycles. The van der Waals surface area contributed by atoms with E-state index in [1.807, 2.05) is 52.2 Å². The van der Waals surface area contributed by atoms with Gasteiger partial charge >= 0.3 is 0 Å². The summed E-state index contributed by atoms with van der Waals surface area (Å²) in [5.41, 5.74) is 3.63. The van der Waals surface area contributed by atoms with E-state index in [0.717, 1.165) is 32.6 Å². The van der Waals surface area contributed by atoms with Crippen LogP contribution in [-0.2, 0) is 18.4 Å². The van der Waals surface area contributed by atoms with E-state index in [1.165, 1.54) is 0 Å². The Morgan fingerprint density at radius 2 is 2.05 bits per heavy atom. The molecule has 6 heteroatoms. The summed E-state index contributed by atoms with van der Waals surface area (Å²) in [5, 5.41) is 7.99. The van der Waals surface area contributed by atoms with Crippen molar-refractivity contribution in [1.82, 2.24) is 9.78 Å². The monoisotopic (exact) mass is 321 g/mol. The lowest BCUT2D eigenvalue weighted by molar-refractivity contribution is -0.885. The smallest absolute Gasteiger partial charge is 0.279 e. The molecule has 22 heavy (non-hydrogen) atoms. The predicted octanol–water partition coefficient (Wildman–Crippen LogP) is 1.34. The molecule has 0 saturated heterocycles. The van der Waals surface area contributed by atoms with Gasteiger partial charge in [0.2, 0.25) is 0 Å². The van der Waals surface area contributed by atoms with E-state index in [1.54, 1.807) is 4.68 Å². The molecule has 1 atom stereocenters. The fourth-order valence-corrected chi connectivity index (χ4v) is 2.64. The third kappa shape index (κ3) is 3.87. The van der Waals surface area contributed by atoms with Gasteiger partial charge in [-0.1, -0.05) is 29.8 Å². The number of rotatable bonds is 5. The molecular weight excluding hydrogens is 300 g/mol. The Kier molecular flexibility index (Phi) is 5.21. The maximum Gasteiger partial charge on any atom is 0.279 e. The highest BCUT2D eigenvalue weighted by Crippen LogP contribution is 2.17. The first-order valence-electron chi connectivity index (χ1n) is 7.23. The second-order valence-electron chi connectivity index (χ2n) is 5.62. The van der Waals surface area contributed by atoms with Gasteiger partial charge in [0.15, 0.2) is 6.54 Å².